The molecule has 0 fully saturated rings. The van der Waals surface area contributed by atoms with E-state index in [9.17, 15) is 26.7 Å². The van der Waals surface area contributed by atoms with E-state index in [1.165, 1.54) is 0 Å². The van der Waals surface area contributed by atoms with Crippen LogP contribution in [-0.4, -0.2) is 39.0 Å². The molecule has 2 aromatic carbocycles. The molecular formula is C17H16F3N3O4S. The van der Waals surface area contributed by atoms with Crippen molar-refractivity contribution in [1.29, 1.82) is 0 Å². The molecule has 0 radical (unpaired) electrons. The van der Waals surface area contributed by atoms with Crippen LogP contribution in [0.2, 0.25) is 0 Å². The molecule has 3 rings (SSSR count). The number of hydrogen-bond donors (Lipinski definition) is 2. The number of benzene rings is 2. The minimum atomic E-state index is -4.69. The summed E-state index contributed by atoms with van der Waals surface area (Å²) in [5.41, 5.74) is -2.87. The number of rotatable bonds is 8. The number of nitrogens with zero attached hydrogens (tertiary/aromatic N) is 2. The van der Waals surface area contributed by atoms with Crippen molar-refractivity contribution in [2.75, 3.05) is 13.2 Å². The monoisotopic (exact) mass is 415 g/mol. The summed E-state index contributed by atoms with van der Waals surface area (Å²) < 4.78 is 70.9. The minimum Gasteiger partial charge on any atom is -0.491 e. The van der Waals surface area contributed by atoms with Gasteiger partial charge in [-0.05, 0) is 24.3 Å². The van der Waals surface area contributed by atoms with Crippen molar-refractivity contribution < 1.29 is 31.4 Å². The van der Waals surface area contributed by atoms with Crippen molar-refractivity contribution in [1.82, 2.24) is 4.72 Å². The molecule has 2 N–H and O–H groups in total. The fourth-order valence-corrected chi connectivity index (χ4v) is 3.44. The molecule has 1 heterocycles. The summed E-state index contributed by atoms with van der Waals surface area (Å²) in [6.45, 7) is -0.462. The summed E-state index contributed by atoms with van der Waals surface area (Å²) in [6.07, 6.45) is -5.80. The number of nitrogens with one attached hydrogen (secondary N) is 1. The number of hydrogen-bond acceptors (Lipinski definition) is 6. The SMILES string of the molecule is O=S(=O)(NCC(O)COc1ccccc1)c1ccc(C2(C(F)(F)F)N=N2)cc1. The Morgan fingerprint density at radius 1 is 1.07 bits per heavy atom. The van der Waals surface area contributed by atoms with E-state index >= 15 is 0 Å². The second-order valence-corrected chi connectivity index (χ2v) is 7.79. The van der Waals surface area contributed by atoms with Gasteiger partial charge in [-0.1, -0.05) is 30.3 Å². The lowest BCUT2D eigenvalue weighted by molar-refractivity contribution is -0.166. The van der Waals surface area contributed by atoms with Gasteiger partial charge in [0.25, 0.3) is 0 Å². The molecular weight excluding hydrogens is 399 g/mol. The molecule has 11 heteroatoms. The van der Waals surface area contributed by atoms with Crippen molar-refractivity contribution in [2.45, 2.75) is 22.8 Å². The molecule has 1 unspecified atom stereocenters. The van der Waals surface area contributed by atoms with Crippen molar-refractivity contribution in [3.63, 3.8) is 0 Å². The molecule has 150 valence electrons. The zero-order valence-corrected chi connectivity index (χ0v) is 15.1. The van der Waals surface area contributed by atoms with Gasteiger partial charge in [0.05, 0.1) is 4.90 Å². The third kappa shape index (κ3) is 4.32. The third-order valence-corrected chi connectivity index (χ3v) is 5.40. The van der Waals surface area contributed by atoms with Gasteiger partial charge in [0.15, 0.2) is 0 Å². The average Bonchev–Trinajstić information content (AvgIpc) is 3.48. The van der Waals surface area contributed by atoms with E-state index in [1.54, 1.807) is 30.3 Å². The van der Waals surface area contributed by atoms with Gasteiger partial charge in [-0.3, -0.25) is 0 Å². The van der Waals surface area contributed by atoms with Crippen LogP contribution in [0, 0.1) is 0 Å². The summed E-state index contributed by atoms with van der Waals surface area (Å²) in [5.74, 6) is 0.523. The van der Waals surface area contributed by atoms with E-state index in [-0.39, 0.29) is 23.6 Å². The van der Waals surface area contributed by atoms with Gasteiger partial charge in [-0.2, -0.15) is 13.2 Å². The topological polar surface area (TPSA) is 100 Å². The number of ether oxygens (including phenoxy) is 1. The predicted molar refractivity (Wildman–Crippen MR) is 92.2 cm³/mol. The number of halogens is 3. The summed E-state index contributed by atoms with van der Waals surface area (Å²) >= 11 is 0. The maximum Gasteiger partial charge on any atom is 0.442 e. The first-order valence-corrected chi connectivity index (χ1v) is 9.59. The summed E-state index contributed by atoms with van der Waals surface area (Å²) in [5, 5.41) is 16.0. The first-order valence-electron chi connectivity index (χ1n) is 8.11. The van der Waals surface area contributed by atoms with E-state index in [4.69, 9.17) is 4.74 Å². The number of alkyl halides is 3. The first kappa shape index (κ1) is 20.2. The third-order valence-electron chi connectivity index (χ3n) is 3.96. The normalized spacial score (nSPS) is 16.6. The summed E-state index contributed by atoms with van der Waals surface area (Å²) in [6, 6.07) is 12.7. The lowest BCUT2D eigenvalue weighted by Gasteiger charge is -2.16. The molecule has 1 atom stereocenters. The van der Waals surface area contributed by atoms with E-state index < -0.39 is 28.0 Å². The van der Waals surface area contributed by atoms with Crippen LogP contribution in [0.15, 0.2) is 69.7 Å². The Morgan fingerprint density at radius 2 is 1.68 bits per heavy atom. The van der Waals surface area contributed by atoms with Crippen LogP contribution in [-0.2, 0) is 15.7 Å². The van der Waals surface area contributed by atoms with Gasteiger partial charge in [-0.25, -0.2) is 13.1 Å². The highest BCUT2D eigenvalue weighted by Crippen LogP contribution is 2.52. The van der Waals surface area contributed by atoms with E-state index in [0.717, 1.165) is 24.3 Å². The van der Waals surface area contributed by atoms with E-state index in [0.29, 0.717) is 5.75 Å². The minimum absolute atomic E-state index is 0.136. The van der Waals surface area contributed by atoms with Crippen LogP contribution in [0.4, 0.5) is 13.2 Å². The van der Waals surface area contributed by atoms with Crippen molar-refractivity contribution in [2.24, 2.45) is 10.2 Å². The number of sulfonamides is 1. The lowest BCUT2D eigenvalue weighted by atomic mass is 10.0. The molecule has 0 saturated heterocycles. The zero-order chi connectivity index (χ0) is 20.4. The highest BCUT2D eigenvalue weighted by Gasteiger charge is 2.65. The Bertz CT molecular complexity index is 942. The highest BCUT2D eigenvalue weighted by molar-refractivity contribution is 7.89. The molecule has 0 aliphatic carbocycles. The van der Waals surface area contributed by atoms with Gasteiger partial charge < -0.3 is 9.84 Å². The van der Waals surface area contributed by atoms with Crippen LogP contribution < -0.4 is 9.46 Å². The molecule has 0 spiro atoms. The van der Waals surface area contributed by atoms with Crippen LogP contribution in [0.5, 0.6) is 5.75 Å². The Kier molecular flexibility index (Phi) is 5.41. The number of aliphatic hydroxyl groups excluding tert-OH is 1. The molecule has 0 bridgehead atoms. The van der Waals surface area contributed by atoms with Gasteiger partial charge >= 0.3 is 11.8 Å². The van der Waals surface area contributed by atoms with Gasteiger partial charge in [0.2, 0.25) is 10.0 Å². The molecule has 1 aliphatic heterocycles. The number of aliphatic hydroxyl groups is 1. The molecule has 0 saturated carbocycles. The second kappa shape index (κ2) is 7.49. The molecule has 0 aromatic heterocycles. The van der Waals surface area contributed by atoms with Crippen LogP contribution >= 0.6 is 0 Å². The van der Waals surface area contributed by atoms with E-state index in [2.05, 4.69) is 15.0 Å². The summed E-state index contributed by atoms with van der Waals surface area (Å²) in [7, 11) is -4.02. The van der Waals surface area contributed by atoms with Gasteiger partial charge in [-0.15, -0.1) is 10.2 Å². The molecule has 2 aromatic rings. The standard InChI is InChI=1S/C17H16F3N3O4S/c18-17(19,20)16(22-23-16)12-6-8-15(9-7-12)28(25,26)21-10-13(24)11-27-14-4-2-1-3-5-14/h1-9,13,21,24H,10-11H2. The fourth-order valence-electron chi connectivity index (χ4n) is 2.37. The van der Waals surface area contributed by atoms with Gasteiger partial charge in [0.1, 0.15) is 18.5 Å². The Hall–Kier alpha value is -2.50. The highest BCUT2D eigenvalue weighted by atomic mass is 32.2. The zero-order valence-electron chi connectivity index (χ0n) is 14.3. The fraction of sp³-hybridized carbons (Fsp3) is 0.294. The van der Waals surface area contributed by atoms with Crippen molar-refractivity contribution >= 4 is 10.0 Å². The average molecular weight is 415 g/mol. The maximum atomic E-state index is 13.0. The second-order valence-electron chi connectivity index (χ2n) is 6.02. The Balaban J connectivity index is 1.57. The first-order chi connectivity index (χ1) is 13.1. The van der Waals surface area contributed by atoms with Crippen LogP contribution in [0.1, 0.15) is 5.56 Å². The van der Waals surface area contributed by atoms with E-state index in [1.807, 2.05) is 0 Å². The number of para-hydroxylation sites is 1. The largest absolute Gasteiger partial charge is 0.491 e. The van der Waals surface area contributed by atoms with Crippen LogP contribution in [0.25, 0.3) is 0 Å². The molecule has 1 aliphatic rings. The van der Waals surface area contributed by atoms with Crippen molar-refractivity contribution in [3.05, 3.63) is 60.2 Å². The van der Waals surface area contributed by atoms with Gasteiger partial charge in [0, 0.05) is 12.1 Å². The molecule has 7 nitrogen and oxygen atoms in total. The molecule has 28 heavy (non-hydrogen) atoms. The Morgan fingerprint density at radius 3 is 2.21 bits per heavy atom. The summed E-state index contributed by atoms with van der Waals surface area (Å²) in [4.78, 5) is -0.245. The van der Waals surface area contributed by atoms with Crippen LogP contribution in [0.3, 0.4) is 0 Å². The molecule has 0 amide bonds. The smallest absolute Gasteiger partial charge is 0.442 e. The Labute approximate surface area is 158 Å². The lowest BCUT2D eigenvalue weighted by Crippen LogP contribution is -2.35. The predicted octanol–water partition coefficient (Wildman–Crippen LogP) is 2.59. The van der Waals surface area contributed by atoms with Crippen molar-refractivity contribution in [3.8, 4) is 5.75 Å². The quantitative estimate of drug-likeness (QED) is 0.692. The maximum absolute atomic E-state index is 13.0.